The molecule has 3 aliphatic rings. The summed E-state index contributed by atoms with van der Waals surface area (Å²) in [5.74, 6) is -4.96. The van der Waals surface area contributed by atoms with Crippen molar-refractivity contribution in [1.82, 2.24) is 14.7 Å². The van der Waals surface area contributed by atoms with E-state index in [1.807, 2.05) is 12.1 Å². The minimum atomic E-state index is -5.08. The molecule has 0 unspecified atom stereocenters. The van der Waals surface area contributed by atoms with E-state index in [1.54, 1.807) is 0 Å². The van der Waals surface area contributed by atoms with Crippen molar-refractivity contribution < 1.29 is 55.3 Å². The highest BCUT2D eigenvalue weighted by molar-refractivity contribution is 5.86. The number of likely N-dealkylation sites (tertiary alicyclic amines) is 3. The molecule has 0 radical (unpaired) electrons. The standard InChI is InChI=1S/C21H30FN3O.2C2HF3O2/c1-17-14-24(15-18-4-6-19(22)7-5-18)16-21(17)8-11-25(20(21)26)13-12-23-9-2-3-10-23;2*3-2(4,5)1(6)7/h4-7,17H,2-3,8-16H2,1H3;2*(H,6,7)/t17-,21-;;/m1../s1. The SMILES string of the molecule is C[C@@H]1CN(Cc2ccc(F)cc2)C[C@]12CCN(CCN1CCCC1)C2=O.O=C(O)C(F)(F)F.O=C(O)C(F)(F)F. The topological polar surface area (TPSA) is 101 Å². The van der Waals surface area contributed by atoms with Crippen LogP contribution in [-0.4, -0.2) is 101 Å². The van der Waals surface area contributed by atoms with Crippen LogP contribution in [0.1, 0.15) is 31.7 Å². The molecule has 0 saturated carbocycles. The Balaban J connectivity index is 0.000000333. The van der Waals surface area contributed by atoms with E-state index in [2.05, 4.69) is 21.6 Å². The first-order valence-electron chi connectivity index (χ1n) is 12.5. The van der Waals surface area contributed by atoms with Gasteiger partial charge < -0.3 is 20.0 Å². The Hall–Kier alpha value is -2.94. The average molecular weight is 588 g/mol. The monoisotopic (exact) mass is 587 g/mol. The third-order valence-electron chi connectivity index (χ3n) is 7.21. The molecular weight excluding hydrogens is 555 g/mol. The maximum Gasteiger partial charge on any atom is 0.490 e. The first-order valence-corrected chi connectivity index (χ1v) is 12.5. The van der Waals surface area contributed by atoms with Crippen molar-refractivity contribution in [2.45, 2.75) is 45.1 Å². The van der Waals surface area contributed by atoms with Gasteiger partial charge in [-0.3, -0.25) is 9.69 Å². The second kappa shape index (κ2) is 13.6. The number of rotatable bonds is 5. The molecule has 3 saturated heterocycles. The van der Waals surface area contributed by atoms with Gasteiger partial charge in [0, 0.05) is 39.3 Å². The Morgan fingerprint density at radius 2 is 1.40 bits per heavy atom. The quantitative estimate of drug-likeness (QED) is 0.505. The zero-order valence-electron chi connectivity index (χ0n) is 21.8. The summed E-state index contributed by atoms with van der Waals surface area (Å²) in [4.78, 5) is 38.0. The lowest BCUT2D eigenvalue weighted by atomic mass is 9.78. The average Bonchev–Trinajstić information content (AvgIpc) is 3.55. The minimum Gasteiger partial charge on any atom is -0.475 e. The molecule has 8 nitrogen and oxygen atoms in total. The molecule has 0 bridgehead atoms. The van der Waals surface area contributed by atoms with Crippen LogP contribution >= 0.6 is 0 Å². The van der Waals surface area contributed by atoms with E-state index in [0.29, 0.717) is 11.8 Å². The molecule has 1 aromatic rings. The summed E-state index contributed by atoms with van der Waals surface area (Å²) in [6, 6.07) is 6.74. The molecule has 4 rings (SSSR count). The molecule has 3 heterocycles. The molecule has 2 N–H and O–H groups in total. The Morgan fingerprint density at radius 3 is 1.88 bits per heavy atom. The molecule has 3 aliphatic heterocycles. The van der Waals surface area contributed by atoms with Crippen LogP contribution in [0.15, 0.2) is 24.3 Å². The Kier molecular flexibility index (Phi) is 11.3. The predicted octanol–water partition coefficient (Wildman–Crippen LogP) is 3.86. The van der Waals surface area contributed by atoms with Crippen LogP contribution < -0.4 is 0 Å². The third-order valence-corrected chi connectivity index (χ3v) is 7.21. The molecule has 226 valence electrons. The van der Waals surface area contributed by atoms with E-state index in [0.717, 1.165) is 51.3 Å². The zero-order chi connectivity index (χ0) is 30.3. The summed E-state index contributed by atoms with van der Waals surface area (Å²) in [6.45, 7) is 10.00. The first kappa shape index (κ1) is 33.3. The largest absolute Gasteiger partial charge is 0.490 e. The van der Waals surface area contributed by atoms with Crippen LogP contribution in [0.4, 0.5) is 30.7 Å². The van der Waals surface area contributed by atoms with Crippen molar-refractivity contribution in [3.63, 3.8) is 0 Å². The second-order valence-electron chi connectivity index (χ2n) is 10.1. The van der Waals surface area contributed by atoms with Crippen LogP contribution in [0.3, 0.4) is 0 Å². The van der Waals surface area contributed by atoms with Crippen molar-refractivity contribution in [2.24, 2.45) is 11.3 Å². The smallest absolute Gasteiger partial charge is 0.475 e. The number of carboxylic acid groups (broad SMARTS) is 2. The minimum absolute atomic E-state index is 0.195. The third kappa shape index (κ3) is 9.32. The number of hydrogen-bond donors (Lipinski definition) is 2. The van der Waals surface area contributed by atoms with Crippen molar-refractivity contribution in [2.75, 3.05) is 45.8 Å². The van der Waals surface area contributed by atoms with E-state index in [1.165, 1.54) is 38.1 Å². The summed E-state index contributed by atoms with van der Waals surface area (Å²) in [6.07, 6.45) is -6.59. The van der Waals surface area contributed by atoms with Crippen LogP contribution in [-0.2, 0) is 20.9 Å². The van der Waals surface area contributed by atoms with Crippen LogP contribution in [0, 0.1) is 17.2 Å². The predicted molar refractivity (Wildman–Crippen MR) is 128 cm³/mol. The van der Waals surface area contributed by atoms with Gasteiger partial charge in [0.2, 0.25) is 5.91 Å². The fourth-order valence-electron chi connectivity index (χ4n) is 5.09. The van der Waals surface area contributed by atoms with Gasteiger partial charge in [-0.15, -0.1) is 0 Å². The van der Waals surface area contributed by atoms with E-state index in [-0.39, 0.29) is 11.2 Å². The van der Waals surface area contributed by atoms with Gasteiger partial charge in [-0.05, 0) is 56.0 Å². The summed E-state index contributed by atoms with van der Waals surface area (Å²) >= 11 is 0. The molecule has 0 aromatic heterocycles. The molecular formula is C25H32F7N3O5. The number of alkyl halides is 6. The van der Waals surface area contributed by atoms with Crippen molar-refractivity contribution in [1.29, 1.82) is 0 Å². The van der Waals surface area contributed by atoms with Gasteiger partial charge in [-0.25, -0.2) is 14.0 Å². The van der Waals surface area contributed by atoms with E-state index in [9.17, 15) is 35.5 Å². The molecule has 15 heteroatoms. The summed E-state index contributed by atoms with van der Waals surface area (Å²) in [5.41, 5.74) is 0.914. The fraction of sp³-hybridized carbons (Fsp3) is 0.640. The first-order chi connectivity index (χ1) is 18.5. The number of nitrogens with zero attached hydrogens (tertiary/aromatic N) is 3. The molecule has 1 amide bonds. The lowest BCUT2D eigenvalue weighted by molar-refractivity contribution is -0.193. The van der Waals surface area contributed by atoms with Gasteiger partial charge in [-0.1, -0.05) is 19.1 Å². The van der Waals surface area contributed by atoms with Crippen molar-refractivity contribution in [3.8, 4) is 0 Å². The molecule has 0 aliphatic carbocycles. The number of carboxylic acids is 2. The fourth-order valence-corrected chi connectivity index (χ4v) is 5.09. The molecule has 2 atom stereocenters. The van der Waals surface area contributed by atoms with Gasteiger partial charge in [-0.2, -0.15) is 26.3 Å². The summed E-state index contributed by atoms with van der Waals surface area (Å²) in [5, 5.41) is 14.2. The highest BCUT2D eigenvalue weighted by atomic mass is 19.4. The normalized spacial score (nSPS) is 23.6. The number of halogens is 7. The van der Waals surface area contributed by atoms with Gasteiger partial charge in [0.05, 0.1) is 5.41 Å². The number of amides is 1. The number of carbonyl (C=O) groups is 3. The Morgan fingerprint density at radius 1 is 0.900 bits per heavy atom. The number of hydrogen-bond acceptors (Lipinski definition) is 5. The second-order valence-corrected chi connectivity index (χ2v) is 10.1. The van der Waals surface area contributed by atoms with Gasteiger partial charge in [0.25, 0.3) is 0 Å². The van der Waals surface area contributed by atoms with Gasteiger partial charge in [0.15, 0.2) is 0 Å². The maximum atomic E-state index is 13.2. The van der Waals surface area contributed by atoms with Crippen molar-refractivity contribution >= 4 is 17.8 Å². The number of benzene rings is 1. The van der Waals surface area contributed by atoms with Crippen LogP contribution in [0.25, 0.3) is 0 Å². The Labute approximate surface area is 226 Å². The number of carbonyl (C=O) groups excluding carboxylic acids is 1. The highest BCUT2D eigenvalue weighted by Crippen LogP contribution is 2.45. The summed E-state index contributed by atoms with van der Waals surface area (Å²) in [7, 11) is 0. The molecule has 40 heavy (non-hydrogen) atoms. The van der Waals surface area contributed by atoms with E-state index >= 15 is 0 Å². The zero-order valence-corrected chi connectivity index (χ0v) is 21.8. The lowest BCUT2D eigenvalue weighted by Crippen LogP contribution is -2.42. The van der Waals surface area contributed by atoms with Crippen LogP contribution in [0.5, 0.6) is 0 Å². The van der Waals surface area contributed by atoms with Gasteiger partial charge >= 0.3 is 24.3 Å². The van der Waals surface area contributed by atoms with E-state index < -0.39 is 24.3 Å². The Bertz CT molecular complexity index is 990. The number of aliphatic carboxylic acids is 2. The van der Waals surface area contributed by atoms with E-state index in [4.69, 9.17) is 19.8 Å². The van der Waals surface area contributed by atoms with Gasteiger partial charge in [0.1, 0.15) is 5.82 Å². The highest BCUT2D eigenvalue weighted by Gasteiger charge is 2.54. The van der Waals surface area contributed by atoms with Crippen LogP contribution in [0.2, 0.25) is 0 Å². The lowest BCUT2D eigenvalue weighted by Gasteiger charge is -2.27. The summed E-state index contributed by atoms with van der Waals surface area (Å²) < 4.78 is 76.6. The van der Waals surface area contributed by atoms with Crippen molar-refractivity contribution in [3.05, 3.63) is 35.6 Å². The maximum absolute atomic E-state index is 13.2. The molecule has 1 aromatic carbocycles. The molecule has 1 spiro atoms. The molecule has 3 fully saturated rings.